The third-order valence-corrected chi connectivity index (χ3v) is 7.02. The lowest BCUT2D eigenvalue weighted by Crippen LogP contribution is -2.41. The molecule has 4 rings (SSSR count). The van der Waals surface area contributed by atoms with Crippen molar-refractivity contribution in [3.63, 3.8) is 0 Å². The summed E-state index contributed by atoms with van der Waals surface area (Å²) in [6, 6.07) is 20.3. The summed E-state index contributed by atoms with van der Waals surface area (Å²) in [4.78, 5) is 26.0. The number of hydrogen-bond acceptors (Lipinski definition) is 6. The van der Waals surface area contributed by atoms with E-state index in [0.717, 1.165) is 29.9 Å². The highest BCUT2D eigenvalue weighted by Crippen LogP contribution is 2.30. The van der Waals surface area contributed by atoms with E-state index in [1.54, 1.807) is 14.2 Å². The van der Waals surface area contributed by atoms with Crippen molar-refractivity contribution in [2.45, 2.75) is 44.4 Å². The van der Waals surface area contributed by atoms with Crippen molar-refractivity contribution in [1.82, 2.24) is 4.90 Å². The molecule has 0 bridgehead atoms. The number of carbonyl (C=O) groups is 2. The Morgan fingerprint density at radius 3 is 2.19 bits per heavy atom. The molecule has 0 spiro atoms. The molecule has 37 heavy (non-hydrogen) atoms. The number of aromatic carboxylic acids is 1. The number of rotatable bonds is 12. The van der Waals surface area contributed by atoms with Crippen LogP contribution in [0.5, 0.6) is 11.5 Å². The highest BCUT2D eigenvalue weighted by Gasteiger charge is 2.29. The Balaban J connectivity index is 1.45. The van der Waals surface area contributed by atoms with E-state index in [4.69, 9.17) is 14.6 Å². The van der Waals surface area contributed by atoms with Crippen LogP contribution in [0, 0.1) is 0 Å². The van der Waals surface area contributed by atoms with Gasteiger partial charge < -0.3 is 19.7 Å². The van der Waals surface area contributed by atoms with Gasteiger partial charge in [-0.25, -0.2) is 4.79 Å². The van der Waals surface area contributed by atoms with Crippen LogP contribution in [-0.2, 0) is 19.4 Å². The van der Waals surface area contributed by atoms with E-state index in [9.17, 15) is 14.7 Å². The van der Waals surface area contributed by atoms with Crippen molar-refractivity contribution >= 4 is 11.8 Å². The molecular weight excluding hydrogens is 470 g/mol. The fraction of sp³-hybridized carbons (Fsp3) is 0.333. The van der Waals surface area contributed by atoms with Crippen LogP contribution in [0.15, 0.2) is 66.7 Å². The number of Topliss-reactive ketones (excluding diaryl/α,β-unsaturated/α-hetero) is 1. The highest BCUT2D eigenvalue weighted by atomic mass is 16.5. The van der Waals surface area contributed by atoms with Gasteiger partial charge in [-0.3, -0.25) is 9.69 Å². The predicted molar refractivity (Wildman–Crippen MR) is 141 cm³/mol. The summed E-state index contributed by atoms with van der Waals surface area (Å²) >= 11 is 0. The quantitative estimate of drug-likeness (QED) is 0.354. The van der Waals surface area contributed by atoms with Crippen molar-refractivity contribution in [2.24, 2.45) is 0 Å². The Bertz CT molecular complexity index is 1210. The standard InChI is InChI=1S/C30H33NO6/c1-36-27-13-11-24(29(17-27)37-2)18-31(25-15-22-5-3-4-6-23(22)16-25)19-26(32)12-14-28(33)20-7-9-21(10-8-20)30(34)35/h3-11,13,17,25-26,32H,12,14-16,18-19H2,1-2H3,(H,34,35). The molecule has 0 fully saturated rings. The highest BCUT2D eigenvalue weighted by molar-refractivity contribution is 5.97. The van der Waals surface area contributed by atoms with Crippen molar-refractivity contribution in [3.05, 3.63) is 94.5 Å². The minimum atomic E-state index is -1.03. The van der Waals surface area contributed by atoms with Crippen LogP contribution in [-0.4, -0.2) is 59.8 Å². The largest absolute Gasteiger partial charge is 0.497 e. The zero-order chi connectivity index (χ0) is 26.4. The number of aliphatic hydroxyl groups excluding tert-OH is 1. The molecule has 1 aliphatic rings. The summed E-state index contributed by atoms with van der Waals surface area (Å²) in [5.74, 6) is 0.300. The molecule has 0 aliphatic heterocycles. The molecular formula is C30H33NO6. The molecule has 0 saturated heterocycles. The molecule has 7 heteroatoms. The molecule has 3 aromatic carbocycles. The lowest BCUT2D eigenvalue weighted by atomic mass is 10.0. The van der Waals surface area contributed by atoms with Gasteiger partial charge in [-0.05, 0) is 48.6 Å². The second kappa shape index (κ2) is 12.0. The summed E-state index contributed by atoms with van der Waals surface area (Å²) < 4.78 is 11.0. The van der Waals surface area contributed by atoms with Gasteiger partial charge in [0.2, 0.25) is 0 Å². The molecule has 1 unspecified atom stereocenters. The van der Waals surface area contributed by atoms with E-state index in [-0.39, 0.29) is 23.8 Å². The summed E-state index contributed by atoms with van der Waals surface area (Å²) in [7, 11) is 3.26. The maximum atomic E-state index is 12.7. The fourth-order valence-corrected chi connectivity index (χ4v) is 4.94. The van der Waals surface area contributed by atoms with E-state index in [0.29, 0.717) is 25.1 Å². The summed E-state index contributed by atoms with van der Waals surface area (Å²) in [5.41, 5.74) is 4.24. The molecule has 7 nitrogen and oxygen atoms in total. The Labute approximate surface area is 217 Å². The van der Waals surface area contributed by atoms with Gasteiger partial charge in [-0.1, -0.05) is 42.5 Å². The molecule has 3 aromatic rings. The van der Waals surface area contributed by atoms with Gasteiger partial charge in [0.05, 0.1) is 25.9 Å². The van der Waals surface area contributed by atoms with Crippen LogP contribution in [0.1, 0.15) is 50.2 Å². The molecule has 0 aromatic heterocycles. The number of carboxylic acids is 1. The first-order valence-corrected chi connectivity index (χ1v) is 12.4. The van der Waals surface area contributed by atoms with Gasteiger partial charge in [-0.2, -0.15) is 0 Å². The first kappa shape index (κ1) is 26.4. The molecule has 0 amide bonds. The van der Waals surface area contributed by atoms with Crippen molar-refractivity contribution in [1.29, 1.82) is 0 Å². The zero-order valence-corrected chi connectivity index (χ0v) is 21.2. The van der Waals surface area contributed by atoms with Crippen LogP contribution < -0.4 is 9.47 Å². The Hall–Kier alpha value is -3.68. The lowest BCUT2D eigenvalue weighted by molar-refractivity contribution is 0.0696. The van der Waals surface area contributed by atoms with E-state index in [2.05, 4.69) is 29.2 Å². The van der Waals surface area contributed by atoms with Crippen LogP contribution in [0.25, 0.3) is 0 Å². The van der Waals surface area contributed by atoms with Crippen LogP contribution in [0.3, 0.4) is 0 Å². The van der Waals surface area contributed by atoms with E-state index < -0.39 is 12.1 Å². The van der Waals surface area contributed by atoms with Crippen LogP contribution in [0.4, 0.5) is 0 Å². The third-order valence-electron chi connectivity index (χ3n) is 7.02. The second-order valence-corrected chi connectivity index (χ2v) is 9.44. The Morgan fingerprint density at radius 1 is 0.946 bits per heavy atom. The van der Waals surface area contributed by atoms with Gasteiger partial charge >= 0.3 is 5.97 Å². The molecule has 0 radical (unpaired) electrons. The van der Waals surface area contributed by atoms with Gasteiger partial charge in [0.25, 0.3) is 0 Å². The fourth-order valence-electron chi connectivity index (χ4n) is 4.94. The molecule has 194 valence electrons. The molecule has 0 heterocycles. The van der Waals surface area contributed by atoms with E-state index in [1.807, 2.05) is 18.2 Å². The molecule has 2 N–H and O–H groups in total. The number of carboxylic acid groups (broad SMARTS) is 1. The first-order valence-electron chi connectivity index (χ1n) is 12.4. The Kier molecular flexibility index (Phi) is 8.58. The zero-order valence-electron chi connectivity index (χ0n) is 21.2. The van der Waals surface area contributed by atoms with Crippen molar-refractivity contribution in [2.75, 3.05) is 20.8 Å². The first-order chi connectivity index (χ1) is 17.9. The molecule has 1 atom stereocenters. The van der Waals surface area contributed by atoms with Crippen LogP contribution >= 0.6 is 0 Å². The van der Waals surface area contributed by atoms with Crippen molar-refractivity contribution in [3.8, 4) is 11.5 Å². The summed E-state index contributed by atoms with van der Waals surface area (Å²) in [6.45, 7) is 1.01. The number of fused-ring (bicyclic) bond motifs is 1. The molecule has 1 aliphatic carbocycles. The summed E-state index contributed by atoms with van der Waals surface area (Å²) in [5, 5.41) is 20.0. The van der Waals surface area contributed by atoms with Gasteiger partial charge in [0, 0.05) is 42.7 Å². The van der Waals surface area contributed by atoms with Crippen molar-refractivity contribution < 1.29 is 29.3 Å². The number of methoxy groups -OCH3 is 2. The normalized spacial score (nSPS) is 13.8. The average molecular weight is 504 g/mol. The third kappa shape index (κ3) is 6.56. The number of nitrogens with zero attached hydrogens (tertiary/aromatic N) is 1. The maximum absolute atomic E-state index is 12.7. The van der Waals surface area contributed by atoms with Gasteiger partial charge in [-0.15, -0.1) is 0 Å². The Morgan fingerprint density at radius 2 is 1.59 bits per heavy atom. The number of carbonyl (C=O) groups excluding carboxylic acids is 1. The minimum Gasteiger partial charge on any atom is -0.497 e. The number of benzene rings is 3. The number of ketones is 1. The summed E-state index contributed by atoms with van der Waals surface area (Å²) in [6.07, 6.45) is 1.59. The number of aliphatic hydroxyl groups is 1. The number of hydrogen-bond donors (Lipinski definition) is 2. The smallest absolute Gasteiger partial charge is 0.335 e. The van der Waals surface area contributed by atoms with Crippen LogP contribution in [0.2, 0.25) is 0 Å². The predicted octanol–water partition coefficient (Wildman–Crippen LogP) is 4.40. The van der Waals surface area contributed by atoms with E-state index in [1.165, 1.54) is 35.4 Å². The van der Waals surface area contributed by atoms with E-state index >= 15 is 0 Å². The second-order valence-electron chi connectivity index (χ2n) is 9.44. The monoisotopic (exact) mass is 503 g/mol. The SMILES string of the molecule is COc1ccc(CN(CC(O)CCC(=O)c2ccc(C(=O)O)cc2)C2Cc3ccccc3C2)c(OC)c1. The van der Waals surface area contributed by atoms with Gasteiger partial charge in [0.1, 0.15) is 11.5 Å². The average Bonchev–Trinajstić information content (AvgIpc) is 3.36. The topological polar surface area (TPSA) is 96.3 Å². The number of ether oxygens (including phenoxy) is 2. The van der Waals surface area contributed by atoms with Gasteiger partial charge in [0.15, 0.2) is 5.78 Å². The minimum absolute atomic E-state index is 0.118. The lowest BCUT2D eigenvalue weighted by Gasteiger charge is -2.31. The molecule has 0 saturated carbocycles. The maximum Gasteiger partial charge on any atom is 0.335 e.